The number of methoxy groups -OCH3 is 1. The molecular weight excluding hydrogens is 739 g/mol. The molecule has 4 saturated heterocycles. The number of anilines is 1. The van der Waals surface area contributed by atoms with Gasteiger partial charge in [0, 0.05) is 43.3 Å². The summed E-state index contributed by atoms with van der Waals surface area (Å²) in [7, 11) is -2.33. The molecule has 0 unspecified atom stereocenters. The first-order valence-electron chi connectivity index (χ1n) is 20.4. The molecule has 1 N–H and O–H groups in total. The molecule has 0 spiro atoms. The Balaban J connectivity index is 0.997. The number of nitriles is 1. The molecule has 5 fully saturated rings. The smallest absolute Gasteiger partial charge is 0.407 e. The summed E-state index contributed by atoms with van der Waals surface area (Å²) in [5.74, 6) is -0.276. The molecule has 2 aromatic rings. The fourth-order valence-electron chi connectivity index (χ4n) is 10.5. The molecule has 2 aromatic carbocycles. The minimum absolute atomic E-state index is 0.0796. The van der Waals surface area contributed by atoms with Crippen LogP contribution in [0, 0.1) is 29.0 Å². The topological polar surface area (TPSA) is 126 Å². The lowest BCUT2D eigenvalue weighted by Crippen LogP contribution is -2.65. The highest BCUT2D eigenvalue weighted by Crippen LogP contribution is 2.51. The lowest BCUT2D eigenvalue weighted by Gasteiger charge is -2.54. The largest absolute Gasteiger partial charge is 0.453 e. The van der Waals surface area contributed by atoms with E-state index < -0.39 is 26.8 Å². The van der Waals surface area contributed by atoms with Crippen LogP contribution >= 0.6 is 0 Å². The van der Waals surface area contributed by atoms with Gasteiger partial charge in [-0.05, 0) is 125 Å². The van der Waals surface area contributed by atoms with Crippen LogP contribution in [0.15, 0.2) is 53.4 Å². The number of halogens is 2. The molecule has 5 aliphatic rings. The van der Waals surface area contributed by atoms with Crippen molar-refractivity contribution in [3.8, 4) is 6.07 Å². The molecule has 56 heavy (non-hydrogen) atoms. The molecular formula is C42H56F2N6O5S. The van der Waals surface area contributed by atoms with Crippen molar-refractivity contribution in [2.75, 3.05) is 77.5 Å². The number of hydrogen-bond donors (Lipinski definition) is 1. The molecule has 0 bridgehead atoms. The lowest BCUT2D eigenvalue weighted by molar-refractivity contribution is -0.130. The number of alkyl carbamates (subject to hydrolysis) is 1. The summed E-state index contributed by atoms with van der Waals surface area (Å²) in [6, 6.07) is 15.5. The Bertz CT molecular complexity index is 1860. The zero-order valence-electron chi connectivity index (χ0n) is 32.5. The number of carbonyl (C=O) groups excluding carboxylic acids is 2. The number of nitrogens with one attached hydrogen (secondary N) is 1. The van der Waals surface area contributed by atoms with E-state index >= 15 is 8.78 Å². The third-order valence-corrected chi connectivity index (χ3v) is 15.6. The van der Waals surface area contributed by atoms with Crippen LogP contribution in [-0.4, -0.2) is 125 Å². The van der Waals surface area contributed by atoms with Gasteiger partial charge in [0.1, 0.15) is 12.2 Å². The lowest BCUT2D eigenvalue weighted by atomic mass is 9.57. The molecule has 2 amide bonds. The van der Waals surface area contributed by atoms with Gasteiger partial charge in [0.2, 0.25) is 5.91 Å². The van der Waals surface area contributed by atoms with Crippen LogP contribution in [0.1, 0.15) is 69.8 Å². The van der Waals surface area contributed by atoms with Crippen molar-refractivity contribution >= 4 is 27.5 Å². The molecule has 1 saturated carbocycles. The third-order valence-electron chi connectivity index (χ3n) is 13.4. The van der Waals surface area contributed by atoms with Crippen LogP contribution in [-0.2, 0) is 24.8 Å². The zero-order valence-corrected chi connectivity index (χ0v) is 33.3. The second-order valence-electron chi connectivity index (χ2n) is 16.8. The molecule has 1 aliphatic carbocycles. The number of piperidine rings is 1. The maximum Gasteiger partial charge on any atom is 0.407 e. The van der Waals surface area contributed by atoms with Crippen LogP contribution in [0.25, 0.3) is 0 Å². The highest BCUT2D eigenvalue weighted by molar-refractivity contribution is 7.92. The van der Waals surface area contributed by atoms with Gasteiger partial charge in [0.05, 0.1) is 36.4 Å². The normalized spacial score (nSPS) is 25.9. The molecule has 11 nitrogen and oxygen atoms in total. The molecule has 14 heteroatoms. The van der Waals surface area contributed by atoms with E-state index in [-0.39, 0.29) is 66.0 Å². The van der Waals surface area contributed by atoms with Gasteiger partial charge in [0.15, 0.2) is 15.5 Å². The molecule has 7 rings (SSSR count). The Hall–Kier alpha value is -3.80. The van der Waals surface area contributed by atoms with Gasteiger partial charge in [-0.25, -0.2) is 22.0 Å². The van der Waals surface area contributed by atoms with Gasteiger partial charge in [-0.2, -0.15) is 5.26 Å². The highest BCUT2D eigenvalue weighted by atomic mass is 32.2. The highest BCUT2D eigenvalue weighted by Gasteiger charge is 2.54. The fraction of sp³-hybridized carbons (Fsp3) is 0.643. The van der Waals surface area contributed by atoms with Crippen LogP contribution < -0.4 is 10.2 Å². The van der Waals surface area contributed by atoms with Gasteiger partial charge in [0.25, 0.3) is 0 Å². The van der Waals surface area contributed by atoms with Crippen molar-refractivity contribution in [2.24, 2.45) is 11.8 Å². The summed E-state index contributed by atoms with van der Waals surface area (Å²) in [5.41, 5.74) is -0.0409. The Morgan fingerprint density at radius 3 is 2.36 bits per heavy atom. The van der Waals surface area contributed by atoms with Crippen molar-refractivity contribution < 1.29 is 31.5 Å². The first-order valence-corrected chi connectivity index (χ1v) is 22.0. The maximum atomic E-state index is 16.3. The van der Waals surface area contributed by atoms with Gasteiger partial charge >= 0.3 is 6.09 Å². The van der Waals surface area contributed by atoms with Gasteiger partial charge in [-0.15, -0.1) is 0 Å². The molecule has 304 valence electrons. The van der Waals surface area contributed by atoms with E-state index in [4.69, 9.17) is 10.00 Å². The molecule has 0 radical (unpaired) electrons. The number of benzene rings is 2. The number of rotatable bonds is 12. The van der Waals surface area contributed by atoms with Crippen molar-refractivity contribution in [2.45, 2.75) is 91.5 Å². The fourth-order valence-corrected chi connectivity index (χ4v) is 12.2. The van der Waals surface area contributed by atoms with E-state index in [1.54, 1.807) is 36.4 Å². The average Bonchev–Trinajstić information content (AvgIpc) is 3.46. The average molecular weight is 795 g/mol. The van der Waals surface area contributed by atoms with Crippen LogP contribution in [0.3, 0.4) is 0 Å². The second-order valence-corrected chi connectivity index (χ2v) is 19.1. The zero-order chi connectivity index (χ0) is 39.5. The predicted molar refractivity (Wildman–Crippen MR) is 209 cm³/mol. The minimum atomic E-state index is -3.72. The minimum Gasteiger partial charge on any atom is -0.453 e. The number of carbonyl (C=O) groups is 2. The van der Waals surface area contributed by atoms with Gasteiger partial charge in [-0.3, -0.25) is 9.69 Å². The summed E-state index contributed by atoms with van der Waals surface area (Å²) >= 11 is 0. The van der Waals surface area contributed by atoms with Crippen molar-refractivity contribution in [1.29, 1.82) is 5.26 Å². The van der Waals surface area contributed by atoms with Crippen molar-refractivity contribution in [3.05, 3.63) is 59.9 Å². The standard InChI is InChI=1S/C42H56F2N6O5S/c1-55-40(52)46-38-11-5-10-37(38)42(30-47-20-6-21-47,32-7-4-8-33(43)25-32)31-17-23-48(24-18-31)27-41(44)28-50(29-41)34-12-14-35(15-13-34)56(53,54)36-9-2-3-22-49(26-36)39(51)16-19-45/h4,7-8,12-15,25,31,36-38H,2-3,5-6,9-11,16-18,20-24,26-30H2,1H3,(H,46,52)/t36-,37+,38+,42+/m1/s1. The number of sulfone groups is 1. The summed E-state index contributed by atoms with van der Waals surface area (Å²) < 4.78 is 63.6. The number of nitrogens with zero attached hydrogens (tertiary/aromatic N) is 5. The van der Waals surface area contributed by atoms with E-state index in [2.05, 4.69) is 21.2 Å². The third kappa shape index (κ3) is 8.41. The SMILES string of the molecule is COC(=O)N[C@H]1CCC[C@@H]1[C@](CN1CCC1)(c1cccc(F)c1)C1CCN(CC2(F)CN(c3ccc(S(=O)(=O)[C@@H]4CCCCN(C(=O)CC#N)C4)cc3)C2)CC1. The Morgan fingerprint density at radius 2 is 1.70 bits per heavy atom. The monoisotopic (exact) mass is 794 g/mol. The predicted octanol–water partition coefficient (Wildman–Crippen LogP) is 5.30. The van der Waals surface area contributed by atoms with E-state index in [0.29, 0.717) is 32.4 Å². The maximum absolute atomic E-state index is 16.3. The van der Waals surface area contributed by atoms with Crippen molar-refractivity contribution in [1.82, 2.24) is 20.0 Å². The van der Waals surface area contributed by atoms with Crippen molar-refractivity contribution in [3.63, 3.8) is 0 Å². The number of ether oxygens (including phenoxy) is 1. The first kappa shape index (κ1) is 40.4. The first-order chi connectivity index (χ1) is 26.9. The number of amides is 2. The van der Waals surface area contributed by atoms with Gasteiger partial charge in [-0.1, -0.05) is 25.0 Å². The second kappa shape index (κ2) is 17.0. The van der Waals surface area contributed by atoms with Crippen LogP contribution in [0.2, 0.25) is 0 Å². The molecule has 4 heterocycles. The number of likely N-dealkylation sites (tertiary alicyclic amines) is 3. The summed E-state index contributed by atoms with van der Waals surface area (Å²) in [5, 5.41) is 11.4. The van der Waals surface area contributed by atoms with E-state index in [1.807, 2.05) is 11.0 Å². The summed E-state index contributed by atoms with van der Waals surface area (Å²) in [6.45, 7) is 5.52. The van der Waals surface area contributed by atoms with E-state index in [1.165, 1.54) is 18.1 Å². The molecule has 4 atom stereocenters. The summed E-state index contributed by atoms with van der Waals surface area (Å²) in [4.78, 5) is 33.2. The number of hydrogen-bond acceptors (Lipinski definition) is 9. The van der Waals surface area contributed by atoms with E-state index in [9.17, 15) is 18.0 Å². The molecule has 0 aromatic heterocycles. The number of alkyl halides is 1. The Labute approximate surface area is 330 Å². The quantitative estimate of drug-likeness (QED) is 0.305. The Kier molecular flexibility index (Phi) is 12.2. The van der Waals surface area contributed by atoms with E-state index in [0.717, 1.165) is 82.5 Å². The summed E-state index contributed by atoms with van der Waals surface area (Å²) in [6.07, 6.45) is 6.70. The van der Waals surface area contributed by atoms with Gasteiger partial charge < -0.3 is 24.8 Å². The van der Waals surface area contributed by atoms with Crippen LogP contribution in [0.5, 0.6) is 0 Å². The van der Waals surface area contributed by atoms with Crippen LogP contribution in [0.4, 0.5) is 19.3 Å². The Morgan fingerprint density at radius 1 is 0.946 bits per heavy atom. The molecule has 4 aliphatic heterocycles.